The maximum absolute atomic E-state index is 13.0. The van der Waals surface area contributed by atoms with E-state index in [0.717, 1.165) is 18.4 Å². The predicted molar refractivity (Wildman–Crippen MR) is 112 cm³/mol. The average molecular weight is 419 g/mol. The second-order valence-electron chi connectivity index (χ2n) is 7.08. The number of carbonyl (C=O) groups is 1. The first kappa shape index (κ1) is 21.0. The highest BCUT2D eigenvalue weighted by atomic mass is 32.2. The highest BCUT2D eigenvalue weighted by Gasteiger charge is 2.24. The van der Waals surface area contributed by atoms with Gasteiger partial charge in [0.1, 0.15) is 11.5 Å². The Morgan fingerprint density at radius 1 is 0.966 bits per heavy atom. The fourth-order valence-electron chi connectivity index (χ4n) is 3.51. The van der Waals surface area contributed by atoms with Gasteiger partial charge >= 0.3 is 0 Å². The zero-order valence-electron chi connectivity index (χ0n) is 17.1. The predicted octanol–water partition coefficient (Wildman–Crippen LogP) is 3.64. The Balaban J connectivity index is 1.92. The van der Waals surface area contributed by atoms with Gasteiger partial charge in [0.05, 0.1) is 30.5 Å². The lowest BCUT2D eigenvalue weighted by Gasteiger charge is -2.28. The minimum absolute atomic E-state index is 0.0483. The molecule has 3 rings (SSSR count). The van der Waals surface area contributed by atoms with Crippen LogP contribution < -0.4 is 19.1 Å². The van der Waals surface area contributed by atoms with Crippen molar-refractivity contribution >= 4 is 27.3 Å². The van der Waals surface area contributed by atoms with Gasteiger partial charge in [-0.15, -0.1) is 0 Å². The zero-order valence-corrected chi connectivity index (χ0v) is 17.9. The number of nitrogens with one attached hydrogen (secondary N) is 1. The number of ether oxygens (including phenoxy) is 2. The molecule has 29 heavy (non-hydrogen) atoms. The molecule has 1 heterocycles. The van der Waals surface area contributed by atoms with Crippen molar-refractivity contribution in [3.8, 4) is 11.5 Å². The number of rotatable bonds is 6. The number of amides is 1. The van der Waals surface area contributed by atoms with E-state index in [-0.39, 0.29) is 10.8 Å². The van der Waals surface area contributed by atoms with Crippen molar-refractivity contribution in [3.05, 3.63) is 41.5 Å². The smallest absolute Gasteiger partial charge is 0.262 e. The van der Waals surface area contributed by atoms with E-state index in [9.17, 15) is 13.2 Å². The van der Waals surface area contributed by atoms with Crippen molar-refractivity contribution < 1.29 is 22.7 Å². The van der Waals surface area contributed by atoms with Crippen LogP contribution in [0.4, 0.5) is 11.4 Å². The fraction of sp³-hybridized carbons (Fsp3) is 0.381. The lowest BCUT2D eigenvalue weighted by atomic mass is 10.1. The van der Waals surface area contributed by atoms with Gasteiger partial charge in [-0.2, -0.15) is 0 Å². The summed E-state index contributed by atoms with van der Waals surface area (Å²) in [5.74, 6) is 1.13. The summed E-state index contributed by atoms with van der Waals surface area (Å²) >= 11 is 0. The molecule has 2 aromatic carbocycles. The van der Waals surface area contributed by atoms with Gasteiger partial charge in [-0.1, -0.05) is 0 Å². The summed E-state index contributed by atoms with van der Waals surface area (Å²) < 4.78 is 39.2. The van der Waals surface area contributed by atoms with Crippen LogP contribution >= 0.6 is 0 Å². The lowest BCUT2D eigenvalue weighted by molar-refractivity contribution is -0.119. The number of benzene rings is 2. The quantitative estimate of drug-likeness (QED) is 0.774. The lowest BCUT2D eigenvalue weighted by Crippen LogP contribution is -2.35. The van der Waals surface area contributed by atoms with Crippen molar-refractivity contribution in [2.75, 3.05) is 30.4 Å². The second kappa shape index (κ2) is 8.32. The number of nitrogens with zero attached hydrogens (tertiary/aromatic N) is 1. The Hall–Kier alpha value is -2.74. The van der Waals surface area contributed by atoms with Crippen LogP contribution in [0.5, 0.6) is 11.5 Å². The summed E-state index contributed by atoms with van der Waals surface area (Å²) in [6, 6.07) is 8.25. The van der Waals surface area contributed by atoms with E-state index < -0.39 is 10.0 Å². The summed E-state index contributed by atoms with van der Waals surface area (Å²) in [7, 11) is -0.753. The number of sulfonamides is 1. The number of hydrogen-bond donors (Lipinski definition) is 1. The van der Waals surface area contributed by atoms with Gasteiger partial charge in [0, 0.05) is 19.0 Å². The Bertz CT molecular complexity index is 1030. The molecule has 7 nitrogen and oxygen atoms in total. The van der Waals surface area contributed by atoms with Crippen LogP contribution in [0.2, 0.25) is 0 Å². The SMILES string of the molecule is COc1cc(C)c(S(=O)(=O)Nc2ccc(N3CCCCC3=O)c(OC)c2)cc1C. The van der Waals surface area contributed by atoms with Crippen LogP contribution in [0.15, 0.2) is 35.2 Å². The molecule has 0 atom stereocenters. The van der Waals surface area contributed by atoms with Crippen LogP contribution in [-0.4, -0.2) is 35.1 Å². The number of aryl methyl sites for hydroxylation is 2. The van der Waals surface area contributed by atoms with Crippen LogP contribution in [-0.2, 0) is 14.8 Å². The number of anilines is 2. The molecule has 0 radical (unpaired) electrons. The Morgan fingerprint density at radius 3 is 2.34 bits per heavy atom. The molecule has 1 aliphatic rings. The molecule has 1 aliphatic heterocycles. The summed E-state index contributed by atoms with van der Waals surface area (Å²) in [4.78, 5) is 14.1. The Labute approximate surface area is 171 Å². The molecule has 0 aromatic heterocycles. The first-order chi connectivity index (χ1) is 13.8. The summed E-state index contributed by atoms with van der Waals surface area (Å²) in [5.41, 5.74) is 2.33. The molecule has 1 amide bonds. The highest BCUT2D eigenvalue weighted by Crippen LogP contribution is 2.34. The normalized spacial score (nSPS) is 14.6. The molecular weight excluding hydrogens is 392 g/mol. The van der Waals surface area contributed by atoms with E-state index in [1.807, 2.05) is 0 Å². The van der Waals surface area contributed by atoms with Gasteiger partial charge < -0.3 is 14.4 Å². The molecule has 0 saturated carbocycles. The van der Waals surface area contributed by atoms with Crippen molar-refractivity contribution in [3.63, 3.8) is 0 Å². The number of carbonyl (C=O) groups excluding carboxylic acids is 1. The van der Waals surface area contributed by atoms with Crippen molar-refractivity contribution in [1.82, 2.24) is 0 Å². The number of piperidine rings is 1. The molecule has 0 unspecified atom stereocenters. The van der Waals surface area contributed by atoms with E-state index in [1.165, 1.54) is 7.11 Å². The minimum Gasteiger partial charge on any atom is -0.496 e. The van der Waals surface area contributed by atoms with Gasteiger partial charge in [0.25, 0.3) is 10.0 Å². The monoisotopic (exact) mass is 418 g/mol. The molecule has 0 aliphatic carbocycles. The van der Waals surface area contributed by atoms with Crippen molar-refractivity contribution in [2.24, 2.45) is 0 Å². The van der Waals surface area contributed by atoms with Gasteiger partial charge in [-0.3, -0.25) is 9.52 Å². The molecule has 0 spiro atoms. The van der Waals surface area contributed by atoms with Gasteiger partial charge in [0.2, 0.25) is 5.91 Å². The molecule has 1 saturated heterocycles. The highest BCUT2D eigenvalue weighted by molar-refractivity contribution is 7.92. The maximum atomic E-state index is 13.0. The molecule has 1 N–H and O–H groups in total. The van der Waals surface area contributed by atoms with Crippen LogP contribution in [0.25, 0.3) is 0 Å². The van der Waals surface area contributed by atoms with Crippen LogP contribution in [0.3, 0.4) is 0 Å². The van der Waals surface area contributed by atoms with E-state index >= 15 is 0 Å². The van der Waals surface area contributed by atoms with Gasteiger partial charge in [0.15, 0.2) is 0 Å². The van der Waals surface area contributed by atoms with Crippen LogP contribution in [0.1, 0.15) is 30.4 Å². The van der Waals surface area contributed by atoms with Crippen LogP contribution in [0, 0.1) is 13.8 Å². The average Bonchev–Trinajstić information content (AvgIpc) is 2.69. The standard InChI is InChI=1S/C21H26N2O5S/c1-14-12-20(15(2)11-18(14)27-3)29(25,26)22-16-8-9-17(19(13-16)28-4)23-10-6-5-7-21(23)24/h8-9,11-13,22H,5-7,10H2,1-4H3. The molecule has 1 fully saturated rings. The summed E-state index contributed by atoms with van der Waals surface area (Å²) in [5, 5.41) is 0. The Morgan fingerprint density at radius 2 is 1.69 bits per heavy atom. The molecule has 156 valence electrons. The third kappa shape index (κ3) is 4.32. The first-order valence-corrected chi connectivity index (χ1v) is 10.9. The summed E-state index contributed by atoms with van der Waals surface area (Å²) in [6.45, 7) is 4.15. The minimum atomic E-state index is -3.81. The van der Waals surface area contributed by atoms with E-state index in [2.05, 4.69) is 4.72 Å². The number of methoxy groups -OCH3 is 2. The maximum Gasteiger partial charge on any atom is 0.262 e. The third-order valence-electron chi connectivity index (χ3n) is 5.03. The third-order valence-corrected chi connectivity index (χ3v) is 6.55. The molecule has 8 heteroatoms. The van der Waals surface area contributed by atoms with Crippen molar-refractivity contribution in [1.29, 1.82) is 0 Å². The topological polar surface area (TPSA) is 84.9 Å². The first-order valence-electron chi connectivity index (χ1n) is 9.43. The van der Waals surface area contributed by atoms with E-state index in [0.29, 0.717) is 41.4 Å². The second-order valence-corrected chi connectivity index (χ2v) is 8.73. The van der Waals surface area contributed by atoms with Gasteiger partial charge in [-0.25, -0.2) is 8.42 Å². The fourth-order valence-corrected chi connectivity index (χ4v) is 4.87. The molecule has 2 aromatic rings. The van der Waals surface area contributed by atoms with E-state index in [4.69, 9.17) is 9.47 Å². The summed E-state index contributed by atoms with van der Waals surface area (Å²) in [6.07, 6.45) is 2.32. The largest absolute Gasteiger partial charge is 0.496 e. The Kier molecular flexibility index (Phi) is 6.02. The molecule has 0 bridgehead atoms. The van der Waals surface area contributed by atoms with E-state index in [1.54, 1.807) is 56.2 Å². The number of hydrogen-bond acceptors (Lipinski definition) is 5. The van der Waals surface area contributed by atoms with Crippen molar-refractivity contribution in [2.45, 2.75) is 38.0 Å². The molecular formula is C21H26N2O5S. The zero-order chi connectivity index (χ0) is 21.2. The van der Waals surface area contributed by atoms with Gasteiger partial charge in [-0.05, 0) is 62.1 Å².